The first-order valence-corrected chi connectivity index (χ1v) is 22.6. The van der Waals surface area contributed by atoms with E-state index in [1.54, 1.807) is 27.7 Å². The van der Waals surface area contributed by atoms with Gasteiger partial charge in [0.25, 0.3) is 5.91 Å². The first-order chi connectivity index (χ1) is 27.7. The molecule has 0 aromatic heterocycles. The van der Waals surface area contributed by atoms with Gasteiger partial charge in [0.1, 0.15) is 12.2 Å². The molecule has 4 rings (SSSR count). The molecule has 0 bridgehead atoms. The van der Waals surface area contributed by atoms with E-state index >= 15 is 0 Å². The average Bonchev–Trinajstić information content (AvgIpc) is 3.22. The molecule has 0 fully saturated rings. The standard InChI is InChI=1S/C43H57NO11P2/c1-5-52-56(46,53-6-2)40(57(47,54-7-3)55-8-4)29-44-43(45)42(51-33-38-27-19-12-20-28-38)41(50-32-37-25-17-11-18-26-37)39(49-31-36-23-15-10-16-24-36)34-48-30-35-21-13-9-14-22-35/h9-28,39-42H,5-8,29-34H2,1-4H3,(H,44,45). The SMILES string of the molecule is CCOP(=O)(OCC)C(CNC(=O)C(OCc1ccccc1)C(OCc1ccccc1)C(COCc1ccccc1)OCc1ccccc1)P(=O)(OCC)OCC. The van der Waals surface area contributed by atoms with Crippen molar-refractivity contribution in [2.24, 2.45) is 0 Å². The van der Waals surface area contributed by atoms with Crippen molar-refractivity contribution < 1.29 is 51.0 Å². The average molecular weight is 826 g/mol. The van der Waals surface area contributed by atoms with Crippen molar-refractivity contribution in [2.45, 2.75) is 77.8 Å². The number of nitrogens with one attached hydrogen (secondary N) is 1. The highest BCUT2D eigenvalue weighted by Crippen LogP contribution is 2.70. The molecule has 14 heteroatoms. The molecule has 0 radical (unpaired) electrons. The zero-order valence-electron chi connectivity index (χ0n) is 33.3. The Kier molecular flexibility index (Phi) is 20.3. The molecule has 0 aliphatic rings. The fraction of sp³-hybridized carbons (Fsp3) is 0.419. The Balaban J connectivity index is 1.75. The second-order valence-corrected chi connectivity index (χ2v) is 17.6. The van der Waals surface area contributed by atoms with Crippen molar-refractivity contribution in [1.29, 1.82) is 0 Å². The maximum Gasteiger partial charge on any atom is 0.347 e. The summed E-state index contributed by atoms with van der Waals surface area (Å²) in [4.78, 5) is 14.7. The van der Waals surface area contributed by atoms with Crippen molar-refractivity contribution >= 4 is 21.1 Å². The largest absolute Gasteiger partial charge is 0.374 e. The molecule has 1 N–H and O–H groups in total. The molecule has 0 aliphatic carbocycles. The Morgan fingerprint density at radius 1 is 0.526 bits per heavy atom. The normalized spacial score (nSPS) is 13.6. The van der Waals surface area contributed by atoms with Crippen LogP contribution in [0.1, 0.15) is 49.9 Å². The van der Waals surface area contributed by atoms with E-state index in [9.17, 15) is 13.9 Å². The van der Waals surface area contributed by atoms with Crippen LogP contribution in [-0.4, -0.2) is 69.2 Å². The number of carbonyl (C=O) groups is 1. The minimum atomic E-state index is -4.19. The van der Waals surface area contributed by atoms with Gasteiger partial charge in [-0.05, 0) is 49.9 Å². The van der Waals surface area contributed by atoms with E-state index in [0.29, 0.717) is 0 Å². The lowest BCUT2D eigenvalue weighted by Crippen LogP contribution is -2.53. The number of benzene rings is 4. The molecule has 4 aromatic rings. The summed E-state index contributed by atoms with van der Waals surface area (Å²) in [5.41, 5.74) is 3.54. The van der Waals surface area contributed by atoms with Crippen LogP contribution in [0.2, 0.25) is 0 Å². The van der Waals surface area contributed by atoms with Crippen LogP contribution in [0.3, 0.4) is 0 Å². The molecule has 4 aromatic carbocycles. The van der Waals surface area contributed by atoms with E-state index in [1.807, 2.05) is 121 Å². The summed E-state index contributed by atoms with van der Waals surface area (Å²) in [5.74, 6) is -0.649. The number of hydrogen-bond donors (Lipinski definition) is 1. The lowest BCUT2D eigenvalue weighted by Gasteiger charge is -2.34. The molecule has 1 amide bonds. The lowest BCUT2D eigenvalue weighted by molar-refractivity contribution is -0.177. The molecule has 0 spiro atoms. The first kappa shape index (κ1) is 46.2. The molecule has 3 unspecified atom stereocenters. The first-order valence-electron chi connectivity index (χ1n) is 19.4. The summed E-state index contributed by atoms with van der Waals surface area (Å²) in [6.45, 7) is 6.74. The van der Waals surface area contributed by atoms with Gasteiger partial charge in [-0.15, -0.1) is 0 Å². The summed E-state index contributed by atoms with van der Waals surface area (Å²) in [5, 5.41) is 1.35. The van der Waals surface area contributed by atoms with Crippen LogP contribution in [0.4, 0.5) is 0 Å². The predicted octanol–water partition coefficient (Wildman–Crippen LogP) is 8.93. The van der Waals surface area contributed by atoms with Crippen LogP contribution in [0, 0.1) is 0 Å². The molecule has 12 nitrogen and oxygen atoms in total. The summed E-state index contributed by atoms with van der Waals surface area (Å²) < 4.78 is 77.3. The van der Waals surface area contributed by atoms with Gasteiger partial charge in [0, 0.05) is 6.54 Å². The second-order valence-electron chi connectivity index (χ2n) is 12.8. The van der Waals surface area contributed by atoms with E-state index in [1.165, 1.54) is 0 Å². The van der Waals surface area contributed by atoms with Crippen molar-refractivity contribution in [1.82, 2.24) is 5.32 Å². The summed E-state index contributed by atoms with van der Waals surface area (Å²) in [6.07, 6.45) is -3.22. The third-order valence-electron chi connectivity index (χ3n) is 8.61. The highest BCUT2D eigenvalue weighted by molar-refractivity contribution is 7.72. The highest BCUT2D eigenvalue weighted by atomic mass is 31.2. The van der Waals surface area contributed by atoms with Crippen LogP contribution in [-0.2, 0) is 77.4 Å². The Morgan fingerprint density at radius 3 is 1.30 bits per heavy atom. The fourth-order valence-corrected chi connectivity index (χ4v) is 11.0. The number of ether oxygens (including phenoxy) is 4. The smallest absolute Gasteiger partial charge is 0.347 e. The zero-order valence-corrected chi connectivity index (χ0v) is 35.1. The second kappa shape index (κ2) is 25.1. The Morgan fingerprint density at radius 2 is 0.895 bits per heavy atom. The third kappa shape index (κ3) is 15.0. The summed E-state index contributed by atoms with van der Waals surface area (Å²) in [7, 11) is -8.38. The maximum atomic E-state index is 14.7. The maximum absolute atomic E-state index is 14.7. The van der Waals surface area contributed by atoms with Crippen LogP contribution >= 0.6 is 15.2 Å². The number of hydrogen-bond acceptors (Lipinski definition) is 11. The van der Waals surface area contributed by atoms with Crippen molar-refractivity contribution in [3.8, 4) is 0 Å². The molecule has 0 saturated carbocycles. The summed E-state index contributed by atoms with van der Waals surface area (Å²) >= 11 is 0. The quantitative estimate of drug-likeness (QED) is 0.0550. The van der Waals surface area contributed by atoms with Gasteiger partial charge in [0.2, 0.25) is 0 Å². The van der Waals surface area contributed by atoms with Gasteiger partial charge in [0.15, 0.2) is 11.5 Å². The van der Waals surface area contributed by atoms with Gasteiger partial charge < -0.3 is 42.4 Å². The van der Waals surface area contributed by atoms with Gasteiger partial charge in [-0.1, -0.05) is 121 Å². The molecule has 0 aliphatic heterocycles. The lowest BCUT2D eigenvalue weighted by atomic mass is 10.1. The Hall–Kier alpha value is -3.51. The van der Waals surface area contributed by atoms with Gasteiger partial charge in [0.05, 0.1) is 59.5 Å². The minimum Gasteiger partial charge on any atom is -0.374 e. The Bertz CT molecular complexity index is 1740. The molecular weight excluding hydrogens is 768 g/mol. The van der Waals surface area contributed by atoms with E-state index in [0.717, 1.165) is 22.3 Å². The molecule has 3 atom stereocenters. The predicted molar refractivity (Wildman–Crippen MR) is 220 cm³/mol. The van der Waals surface area contributed by atoms with Crippen molar-refractivity contribution in [3.05, 3.63) is 144 Å². The molecular formula is C43H57NO11P2. The van der Waals surface area contributed by atoms with Crippen LogP contribution in [0.15, 0.2) is 121 Å². The topological polar surface area (TPSA) is 137 Å². The van der Waals surface area contributed by atoms with Crippen LogP contribution < -0.4 is 5.32 Å². The van der Waals surface area contributed by atoms with Crippen molar-refractivity contribution in [3.63, 3.8) is 0 Å². The van der Waals surface area contributed by atoms with E-state index in [4.69, 9.17) is 37.0 Å². The molecule has 310 valence electrons. The number of amides is 1. The monoisotopic (exact) mass is 825 g/mol. The third-order valence-corrected chi connectivity index (χ3v) is 14.6. The van der Waals surface area contributed by atoms with E-state index in [-0.39, 0.29) is 59.5 Å². The fourth-order valence-electron chi connectivity index (χ4n) is 5.95. The van der Waals surface area contributed by atoms with Gasteiger partial charge in [-0.3, -0.25) is 13.9 Å². The number of carbonyl (C=O) groups excluding carboxylic acids is 1. The molecule has 57 heavy (non-hydrogen) atoms. The van der Waals surface area contributed by atoms with E-state index in [2.05, 4.69) is 5.32 Å². The zero-order chi connectivity index (χ0) is 40.8. The van der Waals surface area contributed by atoms with Gasteiger partial charge in [-0.2, -0.15) is 0 Å². The number of rotatable bonds is 28. The van der Waals surface area contributed by atoms with Crippen molar-refractivity contribution in [2.75, 3.05) is 39.6 Å². The van der Waals surface area contributed by atoms with Gasteiger partial charge in [-0.25, -0.2) is 0 Å². The Labute approximate surface area is 337 Å². The van der Waals surface area contributed by atoms with Gasteiger partial charge >= 0.3 is 15.2 Å². The van der Waals surface area contributed by atoms with E-state index < -0.39 is 51.4 Å². The molecule has 0 saturated heterocycles. The molecule has 0 heterocycles. The minimum absolute atomic E-state index is 0.0123. The highest BCUT2D eigenvalue weighted by Gasteiger charge is 2.51. The van der Waals surface area contributed by atoms with Crippen LogP contribution in [0.5, 0.6) is 0 Å². The summed E-state index contributed by atoms with van der Waals surface area (Å²) in [6, 6.07) is 38.4. The van der Waals surface area contributed by atoms with Crippen LogP contribution in [0.25, 0.3) is 0 Å².